The van der Waals surface area contributed by atoms with E-state index in [9.17, 15) is 0 Å². The molecule has 0 N–H and O–H groups in total. The Labute approximate surface area is 153 Å². The third-order valence-electron chi connectivity index (χ3n) is 4.08. The van der Waals surface area contributed by atoms with Crippen LogP contribution in [0.2, 0.25) is 5.02 Å². The predicted molar refractivity (Wildman–Crippen MR) is 102 cm³/mol. The van der Waals surface area contributed by atoms with Crippen molar-refractivity contribution in [2.75, 3.05) is 0 Å². The fraction of sp³-hybridized carbons (Fsp3) is 0.211. The van der Waals surface area contributed by atoms with Crippen molar-refractivity contribution in [2.45, 2.75) is 27.0 Å². The maximum Gasteiger partial charge on any atom is 0.147 e. The third-order valence-corrected chi connectivity index (χ3v) is 4.33. The summed E-state index contributed by atoms with van der Waals surface area (Å²) in [5, 5.41) is 0.728. The molecular weight excluding hydrogens is 343 g/mol. The van der Waals surface area contributed by atoms with Crippen LogP contribution in [0, 0.1) is 13.8 Å². The maximum absolute atomic E-state index is 6.06. The van der Waals surface area contributed by atoms with E-state index in [1.807, 2.05) is 36.4 Å². The van der Waals surface area contributed by atoms with Crippen molar-refractivity contribution < 1.29 is 4.74 Å². The van der Waals surface area contributed by atoms with Gasteiger partial charge in [-0.1, -0.05) is 29.8 Å². The van der Waals surface area contributed by atoms with Crippen molar-refractivity contribution in [3.8, 4) is 5.75 Å². The molecule has 0 radical (unpaired) electrons. The van der Waals surface area contributed by atoms with E-state index in [-0.39, 0.29) is 12.4 Å². The van der Waals surface area contributed by atoms with Crippen molar-refractivity contribution in [2.24, 2.45) is 0 Å². The van der Waals surface area contributed by atoms with Crippen LogP contribution in [0.3, 0.4) is 0 Å². The molecule has 0 aliphatic carbocycles. The number of pyridine rings is 1. The van der Waals surface area contributed by atoms with E-state index in [0.717, 1.165) is 33.9 Å². The number of benzene rings is 1. The van der Waals surface area contributed by atoms with Crippen molar-refractivity contribution in [1.82, 2.24) is 9.55 Å². The Morgan fingerprint density at radius 3 is 2.58 bits per heavy atom. The molecule has 0 atom stereocenters. The monoisotopic (exact) mass is 362 g/mol. The van der Waals surface area contributed by atoms with E-state index in [2.05, 4.69) is 30.0 Å². The van der Waals surface area contributed by atoms with Crippen LogP contribution in [0.1, 0.15) is 16.8 Å². The summed E-state index contributed by atoms with van der Waals surface area (Å²) in [5.41, 5.74) is 5.46. The Morgan fingerprint density at radius 1 is 1.21 bits per heavy atom. The molecule has 24 heavy (non-hydrogen) atoms. The highest BCUT2D eigenvalue weighted by molar-refractivity contribution is 6.30. The van der Waals surface area contributed by atoms with Crippen LogP contribution >= 0.6 is 24.0 Å². The van der Waals surface area contributed by atoms with Gasteiger partial charge in [-0.05, 0) is 37.1 Å². The molecule has 0 unspecified atom stereocenters. The SMILES string of the molecule is C=CCn1c(C)c(C)c2nccc(OCc3ccc(Cl)cc3)c21.Cl. The number of halogens is 2. The van der Waals surface area contributed by atoms with E-state index in [1.54, 1.807) is 6.20 Å². The van der Waals surface area contributed by atoms with Gasteiger partial charge in [0.25, 0.3) is 0 Å². The largest absolute Gasteiger partial charge is 0.487 e. The molecular formula is C19H20Cl2N2O. The number of aromatic nitrogens is 2. The van der Waals surface area contributed by atoms with Gasteiger partial charge in [-0.3, -0.25) is 4.98 Å². The zero-order chi connectivity index (χ0) is 16.4. The molecule has 3 rings (SSSR count). The third kappa shape index (κ3) is 3.42. The molecule has 0 saturated carbocycles. The number of allylic oxidation sites excluding steroid dienone is 1. The molecule has 0 saturated heterocycles. The number of fused-ring (bicyclic) bond motifs is 1. The lowest BCUT2D eigenvalue weighted by Gasteiger charge is -2.11. The number of hydrogen-bond donors (Lipinski definition) is 0. The second-order valence-corrected chi connectivity index (χ2v) is 5.97. The van der Waals surface area contributed by atoms with Gasteiger partial charge in [-0.2, -0.15) is 0 Å². The molecule has 3 aromatic rings. The fourth-order valence-electron chi connectivity index (χ4n) is 2.73. The van der Waals surface area contributed by atoms with Crippen molar-refractivity contribution in [3.05, 3.63) is 71.0 Å². The highest BCUT2D eigenvalue weighted by Crippen LogP contribution is 2.31. The quantitative estimate of drug-likeness (QED) is 0.560. The fourth-order valence-corrected chi connectivity index (χ4v) is 2.85. The van der Waals surface area contributed by atoms with Crippen LogP contribution in [-0.2, 0) is 13.2 Å². The number of rotatable bonds is 5. The second kappa shape index (κ2) is 7.73. The Kier molecular flexibility index (Phi) is 5.92. The molecule has 0 amide bonds. The first kappa shape index (κ1) is 18.4. The molecule has 0 bridgehead atoms. The lowest BCUT2D eigenvalue weighted by atomic mass is 10.2. The standard InChI is InChI=1S/C19H19ClN2O.ClH/c1-4-11-22-14(3)13(2)18-19(22)17(9-10-21-18)23-12-15-5-7-16(20)8-6-15;/h4-10H,1,11-12H2,2-3H3;1H. The number of hydrogen-bond acceptors (Lipinski definition) is 2. The van der Waals surface area contributed by atoms with Gasteiger partial charge in [0.15, 0.2) is 0 Å². The number of ether oxygens (including phenoxy) is 1. The second-order valence-electron chi connectivity index (χ2n) is 5.53. The summed E-state index contributed by atoms with van der Waals surface area (Å²) >= 11 is 5.92. The van der Waals surface area contributed by atoms with E-state index < -0.39 is 0 Å². The van der Waals surface area contributed by atoms with Crippen molar-refractivity contribution in [3.63, 3.8) is 0 Å². The first-order valence-corrected chi connectivity index (χ1v) is 7.92. The van der Waals surface area contributed by atoms with Gasteiger partial charge in [-0.15, -0.1) is 19.0 Å². The van der Waals surface area contributed by atoms with Crippen LogP contribution in [0.15, 0.2) is 49.2 Å². The normalized spacial score (nSPS) is 10.5. The maximum atomic E-state index is 6.06. The number of aryl methyl sites for hydroxylation is 1. The summed E-state index contributed by atoms with van der Waals surface area (Å²) in [5.74, 6) is 0.836. The molecule has 1 aromatic carbocycles. The van der Waals surface area contributed by atoms with Gasteiger partial charge in [0, 0.05) is 29.5 Å². The van der Waals surface area contributed by atoms with E-state index in [0.29, 0.717) is 6.61 Å². The zero-order valence-electron chi connectivity index (χ0n) is 13.8. The predicted octanol–water partition coefficient (Wildman–Crippen LogP) is 5.49. The average Bonchev–Trinajstić information content (AvgIpc) is 2.80. The van der Waals surface area contributed by atoms with E-state index >= 15 is 0 Å². The van der Waals surface area contributed by atoms with Crippen molar-refractivity contribution >= 4 is 35.0 Å². The summed E-state index contributed by atoms with van der Waals surface area (Å²) in [6.45, 7) is 9.27. The Hall–Kier alpha value is -1.97. The zero-order valence-corrected chi connectivity index (χ0v) is 15.3. The molecule has 2 aromatic heterocycles. The van der Waals surface area contributed by atoms with Crippen LogP contribution in [0.25, 0.3) is 11.0 Å². The minimum atomic E-state index is 0. The highest BCUT2D eigenvalue weighted by Gasteiger charge is 2.15. The molecule has 0 spiro atoms. The van der Waals surface area contributed by atoms with Gasteiger partial charge < -0.3 is 9.30 Å². The lowest BCUT2D eigenvalue weighted by Crippen LogP contribution is -2.01. The van der Waals surface area contributed by atoms with E-state index in [1.165, 1.54) is 11.3 Å². The first-order valence-electron chi connectivity index (χ1n) is 7.54. The van der Waals surface area contributed by atoms with Gasteiger partial charge in [0.05, 0.1) is 5.52 Å². The molecule has 3 nitrogen and oxygen atoms in total. The minimum Gasteiger partial charge on any atom is -0.487 e. The molecule has 5 heteroatoms. The van der Waals surface area contributed by atoms with Crippen LogP contribution < -0.4 is 4.74 Å². The smallest absolute Gasteiger partial charge is 0.147 e. The van der Waals surface area contributed by atoms with Crippen LogP contribution in [0.4, 0.5) is 0 Å². The Morgan fingerprint density at radius 2 is 1.92 bits per heavy atom. The van der Waals surface area contributed by atoms with Gasteiger partial charge in [0.2, 0.25) is 0 Å². The topological polar surface area (TPSA) is 27.1 Å². The summed E-state index contributed by atoms with van der Waals surface area (Å²) in [6.07, 6.45) is 3.69. The summed E-state index contributed by atoms with van der Waals surface area (Å²) < 4.78 is 8.26. The van der Waals surface area contributed by atoms with E-state index in [4.69, 9.17) is 16.3 Å². The highest BCUT2D eigenvalue weighted by atomic mass is 35.5. The molecule has 0 fully saturated rings. The molecule has 126 valence electrons. The first-order chi connectivity index (χ1) is 11.1. The number of nitrogens with zero attached hydrogens (tertiary/aromatic N) is 2. The Balaban J connectivity index is 0.00000208. The minimum absolute atomic E-state index is 0. The summed E-state index contributed by atoms with van der Waals surface area (Å²) in [6, 6.07) is 9.60. The van der Waals surface area contributed by atoms with Crippen LogP contribution in [-0.4, -0.2) is 9.55 Å². The lowest BCUT2D eigenvalue weighted by molar-refractivity contribution is 0.308. The summed E-state index contributed by atoms with van der Waals surface area (Å²) in [4.78, 5) is 4.52. The molecule has 2 heterocycles. The Bertz CT molecular complexity index is 854. The van der Waals surface area contributed by atoms with Gasteiger partial charge in [-0.25, -0.2) is 0 Å². The van der Waals surface area contributed by atoms with Gasteiger partial charge in [0.1, 0.15) is 17.9 Å². The molecule has 0 aliphatic rings. The molecule has 0 aliphatic heterocycles. The van der Waals surface area contributed by atoms with Crippen molar-refractivity contribution in [1.29, 1.82) is 0 Å². The summed E-state index contributed by atoms with van der Waals surface area (Å²) in [7, 11) is 0. The van der Waals surface area contributed by atoms with Crippen LogP contribution in [0.5, 0.6) is 5.75 Å². The average molecular weight is 363 g/mol. The van der Waals surface area contributed by atoms with Gasteiger partial charge >= 0.3 is 0 Å².